The highest BCUT2D eigenvalue weighted by molar-refractivity contribution is 6.33. The van der Waals surface area contributed by atoms with Crippen LogP contribution in [0.2, 0.25) is 5.02 Å². The number of amides is 1. The molecule has 2 aromatic carbocycles. The Bertz CT molecular complexity index is 832. The van der Waals surface area contributed by atoms with Crippen molar-refractivity contribution in [3.05, 3.63) is 62.7 Å². The van der Waals surface area contributed by atoms with Crippen LogP contribution in [0.25, 0.3) is 0 Å². The Labute approximate surface area is 150 Å². The first-order valence-corrected chi connectivity index (χ1v) is 8.44. The molecule has 2 aromatic rings. The van der Waals surface area contributed by atoms with Gasteiger partial charge in [-0.25, -0.2) is 0 Å². The van der Waals surface area contributed by atoms with Crippen molar-refractivity contribution in [3.63, 3.8) is 0 Å². The van der Waals surface area contributed by atoms with Crippen LogP contribution in [-0.2, 0) is 0 Å². The second kappa shape index (κ2) is 7.11. The number of carbonyl (C=O) groups is 1. The van der Waals surface area contributed by atoms with Gasteiger partial charge in [-0.1, -0.05) is 17.7 Å². The number of anilines is 2. The Hall–Kier alpha value is -2.60. The largest absolute Gasteiger partial charge is 0.370 e. The Morgan fingerprint density at radius 3 is 2.56 bits per heavy atom. The summed E-state index contributed by atoms with van der Waals surface area (Å²) in [6.45, 7) is 3.60. The highest BCUT2D eigenvalue weighted by Gasteiger charge is 2.17. The van der Waals surface area contributed by atoms with Gasteiger partial charge in [0.1, 0.15) is 0 Å². The molecule has 0 bridgehead atoms. The molecule has 3 rings (SSSR count). The van der Waals surface area contributed by atoms with Crippen molar-refractivity contribution in [2.75, 3.05) is 23.3 Å². The van der Waals surface area contributed by atoms with Gasteiger partial charge in [-0.2, -0.15) is 0 Å². The maximum Gasteiger partial charge on any atom is 0.273 e. The molecule has 0 spiro atoms. The molecule has 1 fully saturated rings. The van der Waals surface area contributed by atoms with Crippen LogP contribution in [0.3, 0.4) is 0 Å². The highest BCUT2D eigenvalue weighted by Crippen LogP contribution is 2.31. The fourth-order valence-corrected chi connectivity index (χ4v) is 3.25. The SMILES string of the molecule is Cc1ccc(C(=O)Nc2ccc(N3CCCC3)c(Cl)c2)cc1[N+](=O)[O-]. The van der Waals surface area contributed by atoms with E-state index in [9.17, 15) is 14.9 Å². The number of nitrogens with one attached hydrogen (secondary N) is 1. The van der Waals surface area contributed by atoms with E-state index < -0.39 is 10.8 Å². The predicted octanol–water partition coefficient (Wildman–Crippen LogP) is 4.41. The van der Waals surface area contributed by atoms with Gasteiger partial charge in [0.05, 0.1) is 15.6 Å². The average molecular weight is 360 g/mol. The van der Waals surface area contributed by atoms with Crippen molar-refractivity contribution in [1.29, 1.82) is 0 Å². The van der Waals surface area contributed by atoms with Gasteiger partial charge in [-0.05, 0) is 44.0 Å². The lowest BCUT2D eigenvalue weighted by atomic mass is 10.1. The maximum atomic E-state index is 12.4. The number of nitro benzene ring substituents is 1. The normalized spacial score (nSPS) is 13.8. The fraction of sp³-hybridized carbons (Fsp3) is 0.278. The van der Waals surface area contributed by atoms with Crippen molar-refractivity contribution in [1.82, 2.24) is 0 Å². The second-order valence-corrected chi connectivity index (χ2v) is 6.48. The third-order valence-electron chi connectivity index (χ3n) is 4.32. The van der Waals surface area contributed by atoms with Crippen molar-refractivity contribution < 1.29 is 9.72 Å². The van der Waals surface area contributed by atoms with Crippen molar-refractivity contribution in [3.8, 4) is 0 Å². The lowest BCUT2D eigenvalue weighted by Crippen LogP contribution is -2.18. The molecule has 7 heteroatoms. The minimum absolute atomic E-state index is 0.0740. The van der Waals surface area contributed by atoms with Crippen LogP contribution in [0.5, 0.6) is 0 Å². The molecule has 1 N–H and O–H groups in total. The summed E-state index contributed by atoms with van der Waals surface area (Å²) in [6, 6.07) is 9.80. The van der Waals surface area contributed by atoms with E-state index in [-0.39, 0.29) is 11.3 Å². The van der Waals surface area contributed by atoms with Gasteiger partial charge in [0.25, 0.3) is 11.6 Å². The molecule has 0 aliphatic carbocycles. The van der Waals surface area contributed by atoms with Crippen LogP contribution in [-0.4, -0.2) is 23.9 Å². The third-order valence-corrected chi connectivity index (χ3v) is 4.62. The Balaban J connectivity index is 1.78. The van der Waals surface area contributed by atoms with Crippen LogP contribution >= 0.6 is 11.6 Å². The lowest BCUT2D eigenvalue weighted by Gasteiger charge is -2.19. The summed E-state index contributed by atoms with van der Waals surface area (Å²) in [5.41, 5.74) is 2.19. The number of hydrogen-bond acceptors (Lipinski definition) is 4. The Kier molecular flexibility index (Phi) is 4.90. The van der Waals surface area contributed by atoms with E-state index in [4.69, 9.17) is 11.6 Å². The van der Waals surface area contributed by atoms with Crippen molar-refractivity contribution >= 4 is 34.6 Å². The molecule has 1 amide bonds. The number of hydrogen-bond donors (Lipinski definition) is 1. The zero-order valence-corrected chi connectivity index (χ0v) is 14.5. The molecule has 130 valence electrons. The van der Waals surface area contributed by atoms with Crippen LogP contribution < -0.4 is 10.2 Å². The fourth-order valence-electron chi connectivity index (χ4n) is 2.95. The second-order valence-electron chi connectivity index (χ2n) is 6.07. The van der Waals surface area contributed by atoms with E-state index in [1.165, 1.54) is 6.07 Å². The lowest BCUT2D eigenvalue weighted by molar-refractivity contribution is -0.385. The number of benzene rings is 2. The molecule has 0 saturated carbocycles. The first-order valence-electron chi connectivity index (χ1n) is 8.06. The molecule has 1 aliphatic rings. The van der Waals surface area contributed by atoms with E-state index >= 15 is 0 Å². The molecule has 0 radical (unpaired) electrons. The van der Waals surface area contributed by atoms with E-state index in [0.29, 0.717) is 16.3 Å². The van der Waals surface area contributed by atoms with Gasteiger partial charge >= 0.3 is 0 Å². The van der Waals surface area contributed by atoms with Gasteiger partial charge in [0, 0.05) is 36.0 Å². The number of carbonyl (C=O) groups excluding carboxylic acids is 1. The minimum atomic E-state index is -0.492. The van der Waals surface area contributed by atoms with E-state index in [1.54, 1.807) is 31.2 Å². The molecule has 1 saturated heterocycles. The summed E-state index contributed by atoms with van der Waals surface area (Å²) in [4.78, 5) is 25.1. The maximum absolute atomic E-state index is 12.4. The van der Waals surface area contributed by atoms with Gasteiger partial charge in [0.2, 0.25) is 0 Å². The number of nitrogens with zero attached hydrogens (tertiary/aromatic N) is 2. The molecule has 25 heavy (non-hydrogen) atoms. The van der Waals surface area contributed by atoms with Crippen LogP contribution in [0, 0.1) is 17.0 Å². The molecule has 0 aromatic heterocycles. The van der Waals surface area contributed by atoms with Crippen LogP contribution in [0.1, 0.15) is 28.8 Å². The number of rotatable bonds is 4. The van der Waals surface area contributed by atoms with E-state index in [0.717, 1.165) is 31.6 Å². The molecule has 0 atom stereocenters. The molecular formula is C18H18ClN3O3. The molecule has 0 unspecified atom stereocenters. The first kappa shape index (κ1) is 17.2. The Morgan fingerprint density at radius 2 is 1.92 bits per heavy atom. The first-order chi connectivity index (χ1) is 12.0. The van der Waals surface area contributed by atoms with Crippen LogP contribution in [0.4, 0.5) is 17.1 Å². The summed E-state index contributed by atoms with van der Waals surface area (Å²) in [7, 11) is 0. The standard InChI is InChI=1S/C18H18ClN3O3/c1-12-4-5-13(10-17(12)22(24)25)18(23)20-14-6-7-16(15(19)11-14)21-8-2-3-9-21/h4-7,10-11H,2-3,8-9H2,1H3,(H,20,23). The van der Waals surface area contributed by atoms with Crippen molar-refractivity contribution in [2.24, 2.45) is 0 Å². The smallest absolute Gasteiger partial charge is 0.273 e. The number of halogens is 1. The molecule has 1 heterocycles. The van der Waals surface area contributed by atoms with Gasteiger partial charge in [-0.15, -0.1) is 0 Å². The van der Waals surface area contributed by atoms with Gasteiger partial charge < -0.3 is 10.2 Å². The highest BCUT2D eigenvalue weighted by atomic mass is 35.5. The third kappa shape index (κ3) is 3.74. The summed E-state index contributed by atoms with van der Waals surface area (Å²) >= 11 is 6.34. The summed E-state index contributed by atoms with van der Waals surface area (Å²) in [5, 5.41) is 14.3. The van der Waals surface area contributed by atoms with E-state index in [2.05, 4.69) is 10.2 Å². The van der Waals surface area contributed by atoms with Crippen molar-refractivity contribution in [2.45, 2.75) is 19.8 Å². The summed E-state index contributed by atoms with van der Waals surface area (Å²) in [6.07, 6.45) is 2.31. The topological polar surface area (TPSA) is 75.5 Å². The monoisotopic (exact) mass is 359 g/mol. The molecule has 6 nitrogen and oxygen atoms in total. The minimum Gasteiger partial charge on any atom is -0.370 e. The number of nitro groups is 1. The van der Waals surface area contributed by atoms with Gasteiger partial charge in [-0.3, -0.25) is 14.9 Å². The molecule has 1 aliphatic heterocycles. The zero-order chi connectivity index (χ0) is 18.0. The Morgan fingerprint density at radius 1 is 1.20 bits per heavy atom. The quantitative estimate of drug-likeness (QED) is 0.648. The van der Waals surface area contributed by atoms with Gasteiger partial charge in [0.15, 0.2) is 0 Å². The predicted molar refractivity (Wildman–Crippen MR) is 98.7 cm³/mol. The average Bonchev–Trinajstić information content (AvgIpc) is 3.09. The zero-order valence-electron chi connectivity index (χ0n) is 13.8. The number of aryl methyl sites for hydroxylation is 1. The van der Waals surface area contributed by atoms with Crippen LogP contribution in [0.15, 0.2) is 36.4 Å². The summed E-state index contributed by atoms with van der Waals surface area (Å²) < 4.78 is 0. The molecular weight excluding hydrogens is 342 g/mol. The summed E-state index contributed by atoms with van der Waals surface area (Å²) in [5.74, 6) is -0.409. The van der Waals surface area contributed by atoms with E-state index in [1.807, 2.05) is 6.07 Å².